The molecular formula is C17H20N4O2S. The van der Waals surface area contributed by atoms with Gasteiger partial charge in [0, 0.05) is 13.0 Å². The Morgan fingerprint density at radius 1 is 1.42 bits per heavy atom. The molecule has 0 aromatic carbocycles. The highest BCUT2D eigenvalue weighted by Gasteiger charge is 2.23. The Labute approximate surface area is 145 Å². The van der Waals surface area contributed by atoms with Gasteiger partial charge in [-0.25, -0.2) is 9.97 Å². The van der Waals surface area contributed by atoms with Crippen molar-refractivity contribution in [3.63, 3.8) is 0 Å². The average Bonchev–Trinajstić information content (AvgIpc) is 2.98. The van der Waals surface area contributed by atoms with Crippen molar-refractivity contribution in [1.82, 2.24) is 14.9 Å². The molecule has 0 saturated carbocycles. The first-order valence-electron chi connectivity index (χ1n) is 7.78. The Bertz CT molecular complexity index is 749. The van der Waals surface area contributed by atoms with Crippen LogP contribution in [0.25, 0.3) is 0 Å². The van der Waals surface area contributed by atoms with E-state index in [1.54, 1.807) is 22.9 Å². The van der Waals surface area contributed by atoms with E-state index in [9.17, 15) is 4.79 Å². The third-order valence-corrected chi connectivity index (χ3v) is 4.61. The maximum Gasteiger partial charge on any atom is 0.222 e. The third kappa shape index (κ3) is 3.62. The van der Waals surface area contributed by atoms with Crippen molar-refractivity contribution in [3.05, 3.63) is 35.7 Å². The van der Waals surface area contributed by atoms with Gasteiger partial charge in [-0.15, -0.1) is 11.8 Å². The lowest BCUT2D eigenvalue weighted by Gasteiger charge is -2.18. The number of pyridine rings is 2. The van der Waals surface area contributed by atoms with Crippen LogP contribution in [0.15, 0.2) is 29.4 Å². The second-order valence-corrected chi connectivity index (χ2v) is 6.52. The smallest absolute Gasteiger partial charge is 0.222 e. The molecule has 1 saturated heterocycles. The van der Waals surface area contributed by atoms with Gasteiger partial charge in [-0.1, -0.05) is 0 Å². The number of aryl methyl sites for hydroxylation is 1. The summed E-state index contributed by atoms with van der Waals surface area (Å²) in [6.45, 7) is 3.04. The van der Waals surface area contributed by atoms with Crippen LogP contribution < -0.4 is 10.5 Å². The van der Waals surface area contributed by atoms with Gasteiger partial charge in [0.25, 0.3) is 0 Å². The molecule has 6 nitrogen and oxygen atoms in total. The largest absolute Gasteiger partial charge is 0.454 e. The van der Waals surface area contributed by atoms with Gasteiger partial charge in [-0.3, -0.25) is 4.79 Å². The van der Waals surface area contributed by atoms with Crippen LogP contribution in [-0.4, -0.2) is 33.6 Å². The van der Waals surface area contributed by atoms with Crippen LogP contribution in [0, 0.1) is 6.92 Å². The van der Waals surface area contributed by atoms with E-state index in [4.69, 9.17) is 10.5 Å². The highest BCUT2D eigenvalue weighted by atomic mass is 32.2. The molecule has 3 rings (SSSR count). The number of nitrogens with zero attached hydrogens (tertiary/aromatic N) is 3. The van der Waals surface area contributed by atoms with Crippen molar-refractivity contribution >= 4 is 23.5 Å². The fraction of sp³-hybridized carbons (Fsp3) is 0.353. The number of amides is 1. The minimum Gasteiger partial charge on any atom is -0.454 e. The number of carbonyl (C=O) groups is 1. The molecule has 2 aromatic heterocycles. The number of nitrogens with two attached hydrogens (primary N) is 1. The van der Waals surface area contributed by atoms with Crippen LogP contribution in [0.2, 0.25) is 0 Å². The first-order chi connectivity index (χ1) is 11.6. The highest BCUT2D eigenvalue weighted by molar-refractivity contribution is 7.98. The Morgan fingerprint density at radius 3 is 2.88 bits per heavy atom. The molecule has 2 aromatic rings. The number of aromatic nitrogens is 2. The number of hydrogen-bond donors (Lipinski definition) is 1. The molecule has 24 heavy (non-hydrogen) atoms. The molecule has 1 fully saturated rings. The predicted molar refractivity (Wildman–Crippen MR) is 94.1 cm³/mol. The first-order valence-corrected chi connectivity index (χ1v) is 9.01. The molecule has 0 atom stereocenters. The Morgan fingerprint density at radius 2 is 2.25 bits per heavy atom. The maximum atomic E-state index is 11.9. The number of carbonyl (C=O) groups excluding carboxylic acids is 1. The SMILES string of the molecule is CSc1ccc(Oc2cc(C)c(N)nc2CN2CCCC2=O)cn1. The zero-order valence-electron chi connectivity index (χ0n) is 13.8. The van der Waals surface area contributed by atoms with E-state index in [0.29, 0.717) is 36.0 Å². The molecule has 0 spiro atoms. The van der Waals surface area contributed by atoms with Crippen LogP contribution in [-0.2, 0) is 11.3 Å². The molecule has 1 aliphatic rings. The maximum absolute atomic E-state index is 11.9. The zero-order chi connectivity index (χ0) is 17.1. The van der Waals surface area contributed by atoms with Crippen molar-refractivity contribution in [1.29, 1.82) is 0 Å². The Hall–Kier alpha value is -2.28. The summed E-state index contributed by atoms with van der Waals surface area (Å²) < 4.78 is 5.96. The van der Waals surface area contributed by atoms with Crippen LogP contribution in [0.5, 0.6) is 11.5 Å². The molecule has 3 heterocycles. The standard InChI is InChI=1S/C17H20N4O2S/c1-11-8-14(23-12-5-6-15(24-2)19-9-12)13(20-17(11)18)10-21-7-3-4-16(21)22/h5-6,8-9H,3-4,7,10H2,1-2H3,(H2,18,20). The molecular weight excluding hydrogens is 324 g/mol. The van der Waals surface area contributed by atoms with Crippen molar-refractivity contribution in [2.24, 2.45) is 0 Å². The Kier molecular flexibility index (Phi) is 4.89. The quantitative estimate of drug-likeness (QED) is 0.840. The van der Waals surface area contributed by atoms with Crippen LogP contribution in [0.3, 0.4) is 0 Å². The molecule has 0 aliphatic carbocycles. The van der Waals surface area contributed by atoms with Crippen LogP contribution in [0.1, 0.15) is 24.1 Å². The third-order valence-electron chi connectivity index (χ3n) is 3.95. The summed E-state index contributed by atoms with van der Waals surface area (Å²) in [6.07, 6.45) is 5.14. The minimum atomic E-state index is 0.146. The van der Waals surface area contributed by atoms with E-state index in [2.05, 4.69) is 9.97 Å². The second-order valence-electron chi connectivity index (χ2n) is 5.69. The number of ether oxygens (including phenoxy) is 1. The molecule has 0 radical (unpaired) electrons. The number of thioether (sulfide) groups is 1. The van der Waals surface area contributed by atoms with E-state index in [-0.39, 0.29) is 5.91 Å². The average molecular weight is 344 g/mol. The molecule has 1 amide bonds. The number of hydrogen-bond acceptors (Lipinski definition) is 6. The monoisotopic (exact) mass is 344 g/mol. The van der Waals surface area contributed by atoms with Gasteiger partial charge in [0.1, 0.15) is 17.3 Å². The lowest BCUT2D eigenvalue weighted by atomic mass is 10.2. The zero-order valence-corrected chi connectivity index (χ0v) is 14.6. The summed E-state index contributed by atoms with van der Waals surface area (Å²) in [5.41, 5.74) is 7.46. The molecule has 1 aliphatic heterocycles. The predicted octanol–water partition coefficient (Wildman–Crippen LogP) is 3.00. The van der Waals surface area contributed by atoms with E-state index < -0.39 is 0 Å². The van der Waals surface area contributed by atoms with E-state index in [1.165, 1.54) is 0 Å². The fourth-order valence-corrected chi connectivity index (χ4v) is 2.93. The lowest BCUT2D eigenvalue weighted by molar-refractivity contribution is -0.128. The van der Waals surface area contributed by atoms with E-state index in [0.717, 1.165) is 23.6 Å². The van der Waals surface area contributed by atoms with Crippen molar-refractivity contribution in [3.8, 4) is 11.5 Å². The molecule has 0 unspecified atom stereocenters. The first kappa shape index (κ1) is 16.6. The summed E-state index contributed by atoms with van der Waals surface area (Å²) in [4.78, 5) is 22.4. The normalized spacial score (nSPS) is 14.2. The summed E-state index contributed by atoms with van der Waals surface area (Å²) in [6, 6.07) is 5.64. The molecule has 2 N–H and O–H groups in total. The van der Waals surface area contributed by atoms with Gasteiger partial charge < -0.3 is 15.4 Å². The Balaban J connectivity index is 1.87. The summed E-state index contributed by atoms with van der Waals surface area (Å²) in [7, 11) is 0. The van der Waals surface area contributed by atoms with Crippen LogP contribution in [0.4, 0.5) is 5.82 Å². The van der Waals surface area contributed by atoms with Gasteiger partial charge in [-0.05, 0) is 43.4 Å². The number of likely N-dealkylation sites (tertiary alicyclic amines) is 1. The van der Waals surface area contributed by atoms with Gasteiger partial charge in [-0.2, -0.15) is 0 Å². The van der Waals surface area contributed by atoms with Gasteiger partial charge in [0.15, 0.2) is 5.75 Å². The minimum absolute atomic E-state index is 0.146. The summed E-state index contributed by atoms with van der Waals surface area (Å²) in [5.74, 6) is 1.85. The van der Waals surface area contributed by atoms with Gasteiger partial charge in [0.05, 0.1) is 17.8 Å². The van der Waals surface area contributed by atoms with Gasteiger partial charge >= 0.3 is 0 Å². The van der Waals surface area contributed by atoms with Gasteiger partial charge in [0.2, 0.25) is 5.91 Å². The highest BCUT2D eigenvalue weighted by Crippen LogP contribution is 2.29. The van der Waals surface area contributed by atoms with E-state index >= 15 is 0 Å². The topological polar surface area (TPSA) is 81.3 Å². The molecule has 7 heteroatoms. The number of rotatable bonds is 5. The van der Waals surface area contributed by atoms with Crippen molar-refractivity contribution in [2.45, 2.75) is 31.3 Å². The van der Waals surface area contributed by atoms with Crippen molar-refractivity contribution in [2.75, 3.05) is 18.5 Å². The summed E-state index contributed by atoms with van der Waals surface area (Å²) in [5, 5.41) is 0.928. The second kappa shape index (κ2) is 7.09. The molecule has 126 valence electrons. The fourth-order valence-electron chi connectivity index (χ4n) is 2.57. The number of nitrogen functional groups attached to an aromatic ring is 1. The van der Waals surface area contributed by atoms with Crippen LogP contribution >= 0.6 is 11.8 Å². The van der Waals surface area contributed by atoms with E-state index in [1.807, 2.05) is 31.4 Å². The van der Waals surface area contributed by atoms with Crippen molar-refractivity contribution < 1.29 is 9.53 Å². The molecule has 0 bridgehead atoms. The summed E-state index contributed by atoms with van der Waals surface area (Å²) >= 11 is 1.57. The lowest BCUT2D eigenvalue weighted by Crippen LogP contribution is -2.25. The number of anilines is 1.